The topological polar surface area (TPSA) is 209 Å². The molecule has 0 saturated carbocycles. The predicted octanol–water partition coefficient (Wildman–Crippen LogP) is 2.47. The molecule has 2 heterocycles. The van der Waals surface area contributed by atoms with E-state index < -0.39 is 42.0 Å². The normalized spacial score (nSPS) is 20.2. The van der Waals surface area contributed by atoms with Crippen molar-refractivity contribution in [1.82, 2.24) is 20.9 Å². The van der Waals surface area contributed by atoms with Crippen molar-refractivity contribution in [3.8, 4) is 0 Å². The number of guanidine groups is 1. The van der Waals surface area contributed by atoms with Gasteiger partial charge in [-0.1, -0.05) is 91.0 Å². The van der Waals surface area contributed by atoms with E-state index in [2.05, 4.69) is 20.9 Å². The molecule has 3 aromatic rings. The molecule has 3 aromatic carbocycles. The lowest BCUT2D eigenvalue weighted by Crippen LogP contribution is -2.60. The smallest absolute Gasteiger partial charge is 0.305 e. The van der Waals surface area contributed by atoms with Crippen LogP contribution < -0.4 is 27.4 Å². The molecule has 2 saturated heterocycles. The molecule has 4 amide bonds. The first kappa shape index (κ1) is 39.5. The molecule has 2 aliphatic heterocycles. The average Bonchev–Trinajstić information content (AvgIpc) is 3.52. The number of carboxylic acids is 1. The average molecular weight is 738 g/mol. The van der Waals surface area contributed by atoms with E-state index in [4.69, 9.17) is 11.5 Å². The van der Waals surface area contributed by atoms with Crippen molar-refractivity contribution >= 4 is 35.6 Å². The molecular formula is C41H51N7O6. The molecule has 0 radical (unpaired) electrons. The zero-order chi connectivity index (χ0) is 38.5. The number of piperidine rings is 1. The summed E-state index contributed by atoms with van der Waals surface area (Å²) in [6, 6.07) is 25.1. The number of aliphatic imine (C=N–C) groups is 1. The van der Waals surface area contributed by atoms with Gasteiger partial charge in [0.1, 0.15) is 18.1 Å². The van der Waals surface area contributed by atoms with Gasteiger partial charge in [-0.05, 0) is 74.0 Å². The van der Waals surface area contributed by atoms with Crippen LogP contribution in [0, 0.1) is 5.92 Å². The Kier molecular flexibility index (Phi) is 14.2. The Hall–Kier alpha value is -5.72. The highest BCUT2D eigenvalue weighted by Crippen LogP contribution is 2.39. The second-order valence-electron chi connectivity index (χ2n) is 14.2. The van der Waals surface area contributed by atoms with Crippen LogP contribution in [0.2, 0.25) is 0 Å². The number of aryl methyl sites for hydroxylation is 1. The quantitative estimate of drug-likeness (QED) is 0.0648. The summed E-state index contributed by atoms with van der Waals surface area (Å²) < 4.78 is 0. The second-order valence-corrected chi connectivity index (χ2v) is 14.2. The van der Waals surface area contributed by atoms with Crippen molar-refractivity contribution in [3.63, 3.8) is 0 Å². The summed E-state index contributed by atoms with van der Waals surface area (Å²) in [6.45, 7) is 0.216. The van der Waals surface area contributed by atoms with E-state index in [9.17, 15) is 29.1 Å². The highest BCUT2D eigenvalue weighted by atomic mass is 16.4. The molecule has 0 unspecified atom stereocenters. The van der Waals surface area contributed by atoms with Crippen LogP contribution >= 0.6 is 0 Å². The first-order chi connectivity index (χ1) is 26.1. The third-order valence-electron chi connectivity index (χ3n) is 10.2. The minimum atomic E-state index is -1.06. The predicted molar refractivity (Wildman–Crippen MR) is 205 cm³/mol. The molecule has 2 aliphatic rings. The molecule has 0 spiro atoms. The number of carbonyl (C=O) groups excluding carboxylic acids is 4. The molecule has 8 N–H and O–H groups in total. The summed E-state index contributed by atoms with van der Waals surface area (Å²) in [5.41, 5.74) is 13.9. The Labute approximate surface area is 316 Å². The SMILES string of the molecule is NC(N)=NCCC[C@H](NC(=O)[C@@H]1C[C@@H](Cc2ccccc2)[C@H]2CC[C@H](NC(=O)Cc3ccccc3)C(=O)N21)C(=O)N[C@H](CCc1ccccc1)CC(=O)O. The van der Waals surface area contributed by atoms with Crippen LogP contribution in [0.25, 0.3) is 0 Å². The zero-order valence-electron chi connectivity index (χ0n) is 30.4. The van der Waals surface area contributed by atoms with E-state index in [0.717, 1.165) is 16.7 Å². The van der Waals surface area contributed by atoms with Gasteiger partial charge in [-0.25, -0.2) is 0 Å². The van der Waals surface area contributed by atoms with E-state index >= 15 is 0 Å². The first-order valence-electron chi connectivity index (χ1n) is 18.7. The number of nitrogens with two attached hydrogens (primary N) is 2. The standard InChI is InChI=1S/C41H51N7O6/c42-41(43)44-22-10-17-32(38(52)45-31(26-37(50)51)19-18-27-11-4-1-5-12-27)47-39(53)35-25-30(23-28-13-6-2-7-14-28)34-21-20-33(40(54)48(34)35)46-36(49)24-29-15-8-3-9-16-29/h1-9,11-16,30-35H,10,17-26H2,(H,45,52)(H,46,49)(H,47,53)(H,50,51)(H4,42,43,44)/t30-,31-,32+,33+,34-,35+/m1/s1. The molecule has 286 valence electrons. The van der Waals surface area contributed by atoms with E-state index in [-0.39, 0.29) is 55.5 Å². The van der Waals surface area contributed by atoms with Gasteiger partial charge in [0.2, 0.25) is 23.6 Å². The monoisotopic (exact) mass is 737 g/mol. The Morgan fingerprint density at radius 1 is 0.833 bits per heavy atom. The summed E-state index contributed by atoms with van der Waals surface area (Å²) >= 11 is 0. The molecule has 13 heteroatoms. The molecule has 54 heavy (non-hydrogen) atoms. The Balaban J connectivity index is 1.33. The molecule has 0 aliphatic carbocycles. The lowest BCUT2D eigenvalue weighted by molar-refractivity contribution is -0.147. The number of hydrogen-bond donors (Lipinski definition) is 6. The number of benzene rings is 3. The number of fused-ring (bicyclic) bond motifs is 1. The molecule has 5 rings (SSSR count). The van der Waals surface area contributed by atoms with Gasteiger partial charge in [0.15, 0.2) is 5.96 Å². The van der Waals surface area contributed by atoms with Crippen molar-refractivity contribution < 1.29 is 29.1 Å². The minimum Gasteiger partial charge on any atom is -0.481 e. The van der Waals surface area contributed by atoms with Crippen molar-refractivity contribution in [1.29, 1.82) is 0 Å². The van der Waals surface area contributed by atoms with E-state index in [1.807, 2.05) is 91.0 Å². The van der Waals surface area contributed by atoms with Gasteiger partial charge >= 0.3 is 5.97 Å². The van der Waals surface area contributed by atoms with Gasteiger partial charge in [0, 0.05) is 18.6 Å². The van der Waals surface area contributed by atoms with Gasteiger partial charge in [-0.2, -0.15) is 0 Å². The van der Waals surface area contributed by atoms with Gasteiger partial charge in [-0.3, -0.25) is 29.0 Å². The third-order valence-corrected chi connectivity index (χ3v) is 10.2. The second kappa shape index (κ2) is 19.4. The summed E-state index contributed by atoms with van der Waals surface area (Å²) in [5.74, 6) is -2.80. The number of rotatable bonds is 18. The number of aliphatic carboxylic acids is 1. The number of hydrogen-bond acceptors (Lipinski definition) is 6. The maximum Gasteiger partial charge on any atom is 0.305 e. The molecule has 0 aromatic heterocycles. The van der Waals surface area contributed by atoms with Gasteiger partial charge in [0.05, 0.1) is 12.8 Å². The van der Waals surface area contributed by atoms with Crippen LogP contribution in [0.15, 0.2) is 96.0 Å². The largest absolute Gasteiger partial charge is 0.481 e. The van der Waals surface area contributed by atoms with Crippen LogP contribution in [-0.2, 0) is 43.2 Å². The van der Waals surface area contributed by atoms with Crippen molar-refractivity contribution in [2.24, 2.45) is 22.4 Å². The summed E-state index contributed by atoms with van der Waals surface area (Å²) in [5, 5.41) is 18.3. The van der Waals surface area contributed by atoms with Gasteiger partial charge in [-0.15, -0.1) is 0 Å². The lowest BCUT2D eigenvalue weighted by atomic mass is 9.86. The molecule has 2 fully saturated rings. The Bertz CT molecular complexity index is 1750. The highest BCUT2D eigenvalue weighted by molar-refractivity contribution is 5.95. The Morgan fingerprint density at radius 3 is 2.09 bits per heavy atom. The lowest BCUT2D eigenvalue weighted by Gasteiger charge is -2.39. The number of amides is 4. The van der Waals surface area contributed by atoms with E-state index in [1.165, 1.54) is 0 Å². The number of nitrogens with zero attached hydrogens (tertiary/aromatic N) is 2. The van der Waals surface area contributed by atoms with E-state index in [0.29, 0.717) is 44.9 Å². The fourth-order valence-electron chi connectivity index (χ4n) is 7.64. The fourth-order valence-corrected chi connectivity index (χ4v) is 7.64. The maximum atomic E-state index is 14.3. The number of carboxylic acid groups (broad SMARTS) is 1. The molecule has 0 bridgehead atoms. The maximum absolute atomic E-state index is 14.3. The number of nitrogens with one attached hydrogen (secondary N) is 3. The van der Waals surface area contributed by atoms with Crippen molar-refractivity contribution in [3.05, 3.63) is 108 Å². The summed E-state index contributed by atoms with van der Waals surface area (Å²) in [4.78, 5) is 72.8. The summed E-state index contributed by atoms with van der Waals surface area (Å²) in [7, 11) is 0. The van der Waals surface area contributed by atoms with Gasteiger partial charge < -0.3 is 37.4 Å². The minimum absolute atomic E-state index is 0.0276. The van der Waals surface area contributed by atoms with Crippen LogP contribution in [0.3, 0.4) is 0 Å². The molecular weight excluding hydrogens is 686 g/mol. The summed E-state index contributed by atoms with van der Waals surface area (Å²) in [6.07, 6.45) is 3.36. The Morgan fingerprint density at radius 2 is 1.46 bits per heavy atom. The van der Waals surface area contributed by atoms with Gasteiger partial charge in [0.25, 0.3) is 0 Å². The highest BCUT2D eigenvalue weighted by Gasteiger charge is 2.51. The van der Waals surface area contributed by atoms with Crippen molar-refractivity contribution in [2.45, 2.75) is 94.4 Å². The number of carbonyl (C=O) groups is 5. The van der Waals surface area contributed by atoms with Crippen LogP contribution in [0.1, 0.15) is 61.6 Å². The first-order valence-corrected chi connectivity index (χ1v) is 18.7. The van der Waals surface area contributed by atoms with E-state index in [1.54, 1.807) is 4.90 Å². The molecule has 6 atom stereocenters. The van der Waals surface area contributed by atoms with Crippen molar-refractivity contribution in [2.75, 3.05) is 6.54 Å². The molecule has 13 nitrogen and oxygen atoms in total. The fraction of sp³-hybridized carbons (Fsp3) is 0.415. The third kappa shape index (κ3) is 11.4. The van der Waals surface area contributed by atoms with Crippen LogP contribution in [-0.4, -0.2) is 82.3 Å². The zero-order valence-corrected chi connectivity index (χ0v) is 30.4. The van der Waals surface area contributed by atoms with Crippen LogP contribution in [0.4, 0.5) is 0 Å². The van der Waals surface area contributed by atoms with Crippen LogP contribution in [0.5, 0.6) is 0 Å².